The van der Waals surface area contributed by atoms with Crippen molar-refractivity contribution in [3.63, 3.8) is 0 Å². The second-order valence-corrected chi connectivity index (χ2v) is 3.86. The van der Waals surface area contributed by atoms with Gasteiger partial charge in [0.2, 0.25) is 0 Å². The lowest BCUT2D eigenvalue weighted by Crippen LogP contribution is -2.27. The summed E-state index contributed by atoms with van der Waals surface area (Å²) in [7, 11) is 1.90. The van der Waals surface area contributed by atoms with Gasteiger partial charge in [0.1, 0.15) is 0 Å². The third-order valence-corrected chi connectivity index (χ3v) is 2.70. The van der Waals surface area contributed by atoms with Crippen molar-refractivity contribution in [1.29, 1.82) is 0 Å². The van der Waals surface area contributed by atoms with Crippen LogP contribution in [0.5, 0.6) is 0 Å². The molecule has 4 nitrogen and oxygen atoms in total. The molecule has 1 aromatic rings. The highest BCUT2D eigenvalue weighted by Crippen LogP contribution is 2.20. The van der Waals surface area contributed by atoms with E-state index in [2.05, 4.69) is 12.2 Å². The average Bonchev–Trinajstić information content (AvgIpc) is 2.29. The molecule has 1 N–H and O–H groups in total. The lowest BCUT2D eigenvalue weighted by atomic mass is 10.0. The van der Waals surface area contributed by atoms with E-state index < -0.39 is 0 Å². The first-order valence-electron chi connectivity index (χ1n) is 5.58. The van der Waals surface area contributed by atoms with E-state index in [9.17, 15) is 10.1 Å². The summed E-state index contributed by atoms with van der Waals surface area (Å²) >= 11 is 0. The number of rotatable bonds is 6. The van der Waals surface area contributed by atoms with E-state index in [-0.39, 0.29) is 10.6 Å². The highest BCUT2D eigenvalue weighted by atomic mass is 16.6. The second-order valence-electron chi connectivity index (χ2n) is 3.86. The van der Waals surface area contributed by atoms with Crippen molar-refractivity contribution in [3.05, 3.63) is 39.9 Å². The van der Waals surface area contributed by atoms with Gasteiger partial charge in [-0.15, -0.1) is 0 Å². The van der Waals surface area contributed by atoms with Gasteiger partial charge in [-0.25, -0.2) is 0 Å². The maximum atomic E-state index is 10.8. The topological polar surface area (TPSA) is 55.2 Å². The molecule has 0 aliphatic rings. The SMILES string of the molecule is CCCC(Cc1ccccc1[N+](=O)[O-])NC. The van der Waals surface area contributed by atoms with Gasteiger partial charge in [0.25, 0.3) is 5.69 Å². The van der Waals surface area contributed by atoms with E-state index in [4.69, 9.17) is 0 Å². The Morgan fingerprint density at radius 1 is 1.44 bits per heavy atom. The molecule has 0 amide bonds. The van der Waals surface area contributed by atoms with Crippen LogP contribution in [0.2, 0.25) is 0 Å². The number of nitrogens with one attached hydrogen (secondary N) is 1. The van der Waals surface area contributed by atoms with E-state index >= 15 is 0 Å². The molecule has 0 saturated heterocycles. The molecule has 0 aliphatic heterocycles. The van der Waals surface area contributed by atoms with E-state index in [0.29, 0.717) is 12.5 Å². The summed E-state index contributed by atoms with van der Waals surface area (Å²) in [4.78, 5) is 10.5. The van der Waals surface area contributed by atoms with E-state index in [0.717, 1.165) is 18.4 Å². The monoisotopic (exact) mass is 222 g/mol. The van der Waals surface area contributed by atoms with Crippen molar-refractivity contribution in [3.8, 4) is 0 Å². The molecule has 0 bridgehead atoms. The first-order valence-corrected chi connectivity index (χ1v) is 5.58. The van der Waals surface area contributed by atoms with E-state index in [1.165, 1.54) is 0 Å². The molecule has 1 aromatic carbocycles. The Morgan fingerprint density at radius 2 is 2.12 bits per heavy atom. The summed E-state index contributed by atoms with van der Waals surface area (Å²) in [5, 5.41) is 14.0. The minimum Gasteiger partial charge on any atom is -0.317 e. The maximum absolute atomic E-state index is 10.8. The molecular formula is C12H18N2O2. The van der Waals surface area contributed by atoms with E-state index in [1.807, 2.05) is 19.2 Å². The summed E-state index contributed by atoms with van der Waals surface area (Å²) in [6.07, 6.45) is 2.82. The van der Waals surface area contributed by atoms with Gasteiger partial charge in [0.05, 0.1) is 4.92 Å². The third-order valence-electron chi connectivity index (χ3n) is 2.70. The molecule has 1 rings (SSSR count). The fourth-order valence-electron chi connectivity index (χ4n) is 1.82. The highest BCUT2D eigenvalue weighted by Gasteiger charge is 2.15. The molecule has 1 unspecified atom stereocenters. The molecule has 0 spiro atoms. The lowest BCUT2D eigenvalue weighted by molar-refractivity contribution is -0.385. The number of nitrogens with zero attached hydrogens (tertiary/aromatic N) is 1. The predicted octanol–water partition coefficient (Wildman–Crippen LogP) is 2.53. The largest absolute Gasteiger partial charge is 0.317 e. The van der Waals surface area contributed by atoms with Crippen molar-refractivity contribution in [2.24, 2.45) is 0 Å². The Morgan fingerprint density at radius 3 is 2.69 bits per heavy atom. The number of nitro groups is 1. The Bertz CT molecular complexity index is 353. The number of para-hydroxylation sites is 1. The van der Waals surface area contributed by atoms with Crippen LogP contribution in [0.4, 0.5) is 5.69 Å². The van der Waals surface area contributed by atoms with Gasteiger partial charge in [0, 0.05) is 17.7 Å². The zero-order valence-corrected chi connectivity index (χ0v) is 9.77. The second kappa shape index (κ2) is 6.23. The zero-order chi connectivity index (χ0) is 12.0. The van der Waals surface area contributed by atoms with Crippen LogP contribution in [-0.2, 0) is 6.42 Å². The molecule has 16 heavy (non-hydrogen) atoms. The molecule has 1 atom stereocenters. The number of nitro benzene ring substituents is 1. The number of hydrogen-bond acceptors (Lipinski definition) is 3. The van der Waals surface area contributed by atoms with Crippen LogP contribution in [0.1, 0.15) is 25.3 Å². The van der Waals surface area contributed by atoms with Crippen molar-refractivity contribution < 1.29 is 4.92 Å². The Hall–Kier alpha value is -1.42. The van der Waals surface area contributed by atoms with Crippen molar-refractivity contribution in [1.82, 2.24) is 5.32 Å². The fourth-order valence-corrected chi connectivity index (χ4v) is 1.82. The first kappa shape index (κ1) is 12.6. The van der Waals surface area contributed by atoms with Gasteiger partial charge in [-0.05, 0) is 19.9 Å². The minimum absolute atomic E-state index is 0.221. The summed E-state index contributed by atoms with van der Waals surface area (Å²) in [6.45, 7) is 2.11. The van der Waals surface area contributed by atoms with Crippen LogP contribution in [0.15, 0.2) is 24.3 Å². The lowest BCUT2D eigenvalue weighted by Gasteiger charge is -2.14. The van der Waals surface area contributed by atoms with Crippen LogP contribution in [0, 0.1) is 10.1 Å². The first-order chi connectivity index (χ1) is 7.69. The molecule has 0 heterocycles. The highest BCUT2D eigenvalue weighted by molar-refractivity contribution is 5.40. The minimum atomic E-state index is -0.312. The van der Waals surface area contributed by atoms with Crippen LogP contribution >= 0.6 is 0 Å². The quantitative estimate of drug-likeness (QED) is 0.594. The van der Waals surface area contributed by atoms with Crippen LogP contribution in [-0.4, -0.2) is 18.0 Å². The molecule has 0 fully saturated rings. The van der Waals surface area contributed by atoms with Gasteiger partial charge in [-0.3, -0.25) is 10.1 Å². The van der Waals surface area contributed by atoms with Crippen molar-refractivity contribution >= 4 is 5.69 Å². The van der Waals surface area contributed by atoms with Crippen molar-refractivity contribution in [2.75, 3.05) is 7.05 Å². The molecule has 0 radical (unpaired) electrons. The molecule has 0 aliphatic carbocycles. The Labute approximate surface area is 95.8 Å². The Kier molecular flexibility index (Phi) is 4.92. The molecule has 0 aromatic heterocycles. The number of benzene rings is 1. The fraction of sp³-hybridized carbons (Fsp3) is 0.500. The summed E-state index contributed by atoms with van der Waals surface area (Å²) in [5.74, 6) is 0. The van der Waals surface area contributed by atoms with E-state index in [1.54, 1.807) is 12.1 Å². The zero-order valence-electron chi connectivity index (χ0n) is 9.77. The van der Waals surface area contributed by atoms with Crippen LogP contribution in [0.25, 0.3) is 0 Å². The maximum Gasteiger partial charge on any atom is 0.272 e. The smallest absolute Gasteiger partial charge is 0.272 e. The summed E-state index contributed by atoms with van der Waals surface area (Å²) in [5.41, 5.74) is 1.03. The average molecular weight is 222 g/mol. The van der Waals surface area contributed by atoms with Gasteiger partial charge >= 0.3 is 0 Å². The number of likely N-dealkylation sites (N-methyl/N-ethyl adjacent to an activating group) is 1. The Balaban J connectivity index is 2.82. The summed E-state index contributed by atoms with van der Waals surface area (Å²) < 4.78 is 0. The van der Waals surface area contributed by atoms with Gasteiger partial charge < -0.3 is 5.32 Å². The molecular weight excluding hydrogens is 204 g/mol. The summed E-state index contributed by atoms with van der Waals surface area (Å²) in [6, 6.07) is 7.26. The normalized spacial score (nSPS) is 12.4. The van der Waals surface area contributed by atoms with Crippen molar-refractivity contribution in [2.45, 2.75) is 32.2 Å². The molecule has 88 valence electrons. The van der Waals surface area contributed by atoms with Gasteiger partial charge in [-0.1, -0.05) is 31.5 Å². The van der Waals surface area contributed by atoms with Gasteiger partial charge in [0.15, 0.2) is 0 Å². The predicted molar refractivity (Wildman–Crippen MR) is 64.6 cm³/mol. The van der Waals surface area contributed by atoms with Gasteiger partial charge in [-0.2, -0.15) is 0 Å². The molecule has 0 saturated carbocycles. The standard InChI is InChI=1S/C12H18N2O2/c1-3-6-11(13-2)9-10-7-4-5-8-12(10)14(15)16/h4-5,7-8,11,13H,3,6,9H2,1-2H3. The third kappa shape index (κ3) is 3.31. The number of hydrogen-bond donors (Lipinski definition) is 1. The van der Waals surface area contributed by atoms with Crippen LogP contribution < -0.4 is 5.32 Å². The molecule has 4 heteroatoms. The van der Waals surface area contributed by atoms with Crippen LogP contribution in [0.3, 0.4) is 0 Å².